The Morgan fingerprint density at radius 1 is 0.429 bits per heavy atom. The van der Waals surface area contributed by atoms with Gasteiger partial charge in [0.15, 0.2) is 0 Å². The van der Waals surface area contributed by atoms with Gasteiger partial charge in [0.1, 0.15) is 17.2 Å². The second-order valence-corrected chi connectivity index (χ2v) is 7.77. The summed E-state index contributed by atoms with van der Waals surface area (Å²) in [5.74, 6) is 1.61. The van der Waals surface area contributed by atoms with E-state index < -0.39 is 8.38 Å². The molecule has 0 spiro atoms. The topological polar surface area (TPSA) is 18.5 Å². The van der Waals surface area contributed by atoms with E-state index in [0.29, 0.717) is 0 Å². The molecule has 138 valence electrons. The van der Waals surface area contributed by atoms with Gasteiger partial charge >= 0.3 is 8.38 Å². The number of hydrogen-bond acceptors (Lipinski definition) is 2. The molecular formula is C25H21O2P. The molecule has 0 N–H and O–H groups in total. The van der Waals surface area contributed by atoms with Crippen molar-refractivity contribution in [2.75, 3.05) is 0 Å². The first-order chi connectivity index (χ1) is 13.9. The van der Waals surface area contributed by atoms with Gasteiger partial charge in [-0.2, -0.15) is 0 Å². The summed E-state index contributed by atoms with van der Waals surface area (Å²) in [6.07, 6.45) is 0. The Bertz CT molecular complexity index is 879. The summed E-state index contributed by atoms with van der Waals surface area (Å²) in [6, 6.07) is 40.6. The lowest BCUT2D eigenvalue weighted by atomic mass is 10.0. The quantitative estimate of drug-likeness (QED) is 0.313. The third-order valence-electron chi connectivity index (χ3n) is 4.32. The standard InChI is InChI=1S/C25H21O2P/c1-5-13-21(14-6-1)25(22-15-7-2-8-16-22)28(26-23-17-9-3-10-18-23)27-24-19-11-4-12-20-24/h1-20,25H. The van der Waals surface area contributed by atoms with Crippen molar-refractivity contribution in [3.63, 3.8) is 0 Å². The molecule has 0 saturated carbocycles. The lowest BCUT2D eigenvalue weighted by Gasteiger charge is -2.27. The molecule has 0 unspecified atom stereocenters. The molecule has 4 aromatic rings. The van der Waals surface area contributed by atoms with Crippen LogP contribution >= 0.6 is 8.38 Å². The molecular weight excluding hydrogens is 363 g/mol. The van der Waals surface area contributed by atoms with E-state index in [9.17, 15) is 0 Å². The van der Waals surface area contributed by atoms with E-state index in [1.54, 1.807) is 0 Å². The van der Waals surface area contributed by atoms with Crippen LogP contribution in [0.3, 0.4) is 0 Å². The van der Waals surface area contributed by atoms with Crippen LogP contribution in [-0.2, 0) is 0 Å². The van der Waals surface area contributed by atoms with Gasteiger partial charge in [-0.25, -0.2) is 0 Å². The molecule has 0 heterocycles. The van der Waals surface area contributed by atoms with Gasteiger partial charge in [0.05, 0.1) is 0 Å². The van der Waals surface area contributed by atoms with Crippen molar-refractivity contribution in [1.29, 1.82) is 0 Å². The van der Waals surface area contributed by atoms with Gasteiger partial charge < -0.3 is 9.05 Å². The van der Waals surface area contributed by atoms with Crippen molar-refractivity contribution in [3.8, 4) is 11.5 Å². The Morgan fingerprint density at radius 2 is 0.750 bits per heavy atom. The molecule has 0 fully saturated rings. The molecule has 0 aliphatic heterocycles. The Balaban J connectivity index is 1.76. The first-order valence-electron chi connectivity index (χ1n) is 9.25. The van der Waals surface area contributed by atoms with E-state index in [2.05, 4.69) is 48.5 Å². The number of para-hydroxylation sites is 2. The van der Waals surface area contributed by atoms with Crippen molar-refractivity contribution in [2.45, 2.75) is 5.66 Å². The Labute approximate surface area is 167 Å². The maximum Gasteiger partial charge on any atom is 0.303 e. The van der Waals surface area contributed by atoms with Gasteiger partial charge in [-0.05, 0) is 35.4 Å². The average molecular weight is 384 g/mol. The Kier molecular flexibility index (Phi) is 6.01. The summed E-state index contributed by atoms with van der Waals surface area (Å²) in [5.41, 5.74) is 2.33. The van der Waals surface area contributed by atoms with Crippen molar-refractivity contribution < 1.29 is 9.05 Å². The zero-order chi connectivity index (χ0) is 19.0. The summed E-state index contributed by atoms with van der Waals surface area (Å²) in [4.78, 5) is 0. The monoisotopic (exact) mass is 384 g/mol. The van der Waals surface area contributed by atoms with Crippen molar-refractivity contribution in [3.05, 3.63) is 132 Å². The summed E-state index contributed by atoms with van der Waals surface area (Å²) >= 11 is 0. The summed E-state index contributed by atoms with van der Waals surface area (Å²) in [5, 5.41) is 0. The van der Waals surface area contributed by atoms with Crippen LogP contribution in [0.1, 0.15) is 16.8 Å². The molecule has 0 aromatic heterocycles. The zero-order valence-corrected chi connectivity index (χ0v) is 16.3. The third kappa shape index (κ3) is 4.60. The number of rotatable bonds is 7. The maximum absolute atomic E-state index is 6.43. The lowest BCUT2D eigenvalue weighted by molar-refractivity contribution is 0.481. The van der Waals surface area contributed by atoms with E-state index in [1.165, 1.54) is 11.1 Å². The van der Waals surface area contributed by atoms with E-state index >= 15 is 0 Å². The van der Waals surface area contributed by atoms with E-state index in [4.69, 9.17) is 9.05 Å². The molecule has 28 heavy (non-hydrogen) atoms. The minimum absolute atomic E-state index is 0.0159. The van der Waals surface area contributed by atoms with Gasteiger partial charge in [0, 0.05) is 0 Å². The van der Waals surface area contributed by atoms with Crippen LogP contribution in [0.25, 0.3) is 0 Å². The van der Waals surface area contributed by atoms with E-state index in [1.807, 2.05) is 72.8 Å². The molecule has 0 saturated heterocycles. The zero-order valence-electron chi connectivity index (χ0n) is 15.4. The SMILES string of the molecule is c1ccc(OP(Oc2ccccc2)C(c2ccccc2)c2ccccc2)cc1. The molecule has 0 aliphatic carbocycles. The smallest absolute Gasteiger partial charge is 0.303 e. The second kappa shape index (κ2) is 9.21. The minimum Gasteiger partial charge on any atom is -0.438 e. The minimum atomic E-state index is -1.33. The summed E-state index contributed by atoms with van der Waals surface area (Å²) in [7, 11) is -1.33. The molecule has 4 aromatic carbocycles. The van der Waals surface area contributed by atoms with Crippen molar-refractivity contribution in [1.82, 2.24) is 0 Å². The average Bonchev–Trinajstić information content (AvgIpc) is 2.77. The molecule has 4 rings (SSSR count). The van der Waals surface area contributed by atoms with Crippen LogP contribution in [0.5, 0.6) is 11.5 Å². The molecule has 0 amide bonds. The first-order valence-corrected chi connectivity index (χ1v) is 10.5. The molecule has 0 aliphatic rings. The van der Waals surface area contributed by atoms with Crippen molar-refractivity contribution >= 4 is 8.38 Å². The largest absolute Gasteiger partial charge is 0.438 e. The maximum atomic E-state index is 6.43. The molecule has 3 heteroatoms. The fraction of sp³-hybridized carbons (Fsp3) is 0.0400. The van der Waals surface area contributed by atoms with Crippen LogP contribution in [0.4, 0.5) is 0 Å². The predicted octanol–water partition coefficient (Wildman–Crippen LogP) is 7.25. The molecule has 2 nitrogen and oxygen atoms in total. The number of hydrogen-bond donors (Lipinski definition) is 0. The van der Waals surface area contributed by atoms with E-state index in [-0.39, 0.29) is 5.66 Å². The highest BCUT2D eigenvalue weighted by Crippen LogP contribution is 2.55. The van der Waals surface area contributed by atoms with Gasteiger partial charge in [0.25, 0.3) is 0 Å². The summed E-state index contributed by atoms with van der Waals surface area (Å²) < 4.78 is 12.9. The summed E-state index contributed by atoms with van der Waals surface area (Å²) in [6.45, 7) is 0. The van der Waals surface area contributed by atoms with Crippen LogP contribution < -0.4 is 9.05 Å². The number of benzene rings is 4. The Hall–Kier alpha value is -3.09. The highest BCUT2D eigenvalue weighted by atomic mass is 31.2. The highest BCUT2D eigenvalue weighted by Gasteiger charge is 2.31. The molecule has 0 bridgehead atoms. The third-order valence-corrected chi connectivity index (χ3v) is 6.12. The van der Waals surface area contributed by atoms with Crippen LogP contribution in [-0.4, -0.2) is 0 Å². The fourth-order valence-electron chi connectivity index (χ4n) is 3.00. The van der Waals surface area contributed by atoms with Crippen LogP contribution in [0, 0.1) is 0 Å². The van der Waals surface area contributed by atoms with Gasteiger partial charge in [-0.15, -0.1) is 0 Å². The lowest BCUT2D eigenvalue weighted by Crippen LogP contribution is -2.08. The fourth-order valence-corrected chi connectivity index (χ4v) is 4.74. The second-order valence-electron chi connectivity index (χ2n) is 6.32. The van der Waals surface area contributed by atoms with Gasteiger partial charge in [-0.1, -0.05) is 97.1 Å². The molecule has 0 atom stereocenters. The van der Waals surface area contributed by atoms with Gasteiger partial charge in [0.2, 0.25) is 0 Å². The normalized spacial score (nSPS) is 10.8. The van der Waals surface area contributed by atoms with Crippen LogP contribution in [0.15, 0.2) is 121 Å². The van der Waals surface area contributed by atoms with Crippen molar-refractivity contribution in [2.24, 2.45) is 0 Å². The molecule has 0 radical (unpaired) electrons. The van der Waals surface area contributed by atoms with Gasteiger partial charge in [-0.3, -0.25) is 0 Å². The van der Waals surface area contributed by atoms with Crippen LogP contribution in [0.2, 0.25) is 0 Å². The predicted molar refractivity (Wildman–Crippen MR) is 116 cm³/mol. The first kappa shape index (κ1) is 18.3. The highest BCUT2D eigenvalue weighted by molar-refractivity contribution is 7.48. The van der Waals surface area contributed by atoms with E-state index in [0.717, 1.165) is 11.5 Å². The Morgan fingerprint density at radius 3 is 1.11 bits per heavy atom.